The number of thiophene rings is 1. The number of nitrogens with zero attached hydrogens (tertiary/aromatic N) is 4. The van der Waals surface area contributed by atoms with Gasteiger partial charge < -0.3 is 4.90 Å². The van der Waals surface area contributed by atoms with Crippen LogP contribution in [0, 0.1) is 0 Å². The molecule has 0 radical (unpaired) electrons. The highest BCUT2D eigenvalue weighted by atomic mass is 35.5. The van der Waals surface area contributed by atoms with E-state index in [0.29, 0.717) is 30.3 Å². The monoisotopic (exact) mass is 388 g/mol. The first-order chi connectivity index (χ1) is 12.6. The summed E-state index contributed by atoms with van der Waals surface area (Å²) < 4.78 is 1.45. The number of hydrogen-bond acceptors (Lipinski definition) is 5. The molecule has 0 aliphatic carbocycles. The summed E-state index contributed by atoms with van der Waals surface area (Å²) >= 11 is 7.41. The number of piperazine rings is 1. The fourth-order valence-electron chi connectivity index (χ4n) is 3.10. The standard InChI is InChI=1S/C18H17ClN4O2S/c19-13-3-4-16-20-14(10-17(24)23(16)11-13)12-21-5-7-22(8-6-21)18(25)15-2-1-9-26-15/h1-4,9-11H,5-8,12H2. The fraction of sp³-hybridized carbons (Fsp3) is 0.278. The van der Waals surface area contributed by atoms with E-state index in [1.165, 1.54) is 15.7 Å². The Kier molecular flexibility index (Phi) is 4.76. The van der Waals surface area contributed by atoms with Crippen molar-refractivity contribution in [1.29, 1.82) is 0 Å². The molecule has 6 nitrogen and oxygen atoms in total. The first-order valence-electron chi connectivity index (χ1n) is 8.33. The van der Waals surface area contributed by atoms with Crippen LogP contribution in [0.2, 0.25) is 5.02 Å². The van der Waals surface area contributed by atoms with E-state index in [-0.39, 0.29) is 11.5 Å². The summed E-state index contributed by atoms with van der Waals surface area (Å²) in [6.45, 7) is 3.48. The molecule has 134 valence electrons. The second-order valence-electron chi connectivity index (χ2n) is 6.21. The molecule has 3 aromatic heterocycles. The lowest BCUT2D eigenvalue weighted by molar-refractivity contribution is 0.0632. The Morgan fingerprint density at radius 2 is 2.00 bits per heavy atom. The van der Waals surface area contributed by atoms with E-state index in [9.17, 15) is 9.59 Å². The van der Waals surface area contributed by atoms with Crippen molar-refractivity contribution in [2.45, 2.75) is 6.54 Å². The van der Waals surface area contributed by atoms with Crippen molar-refractivity contribution in [3.63, 3.8) is 0 Å². The van der Waals surface area contributed by atoms with Crippen molar-refractivity contribution in [2.24, 2.45) is 0 Å². The summed E-state index contributed by atoms with van der Waals surface area (Å²) in [5.41, 5.74) is 1.18. The molecule has 1 amide bonds. The number of carbonyl (C=O) groups is 1. The van der Waals surface area contributed by atoms with Gasteiger partial charge in [-0.3, -0.25) is 18.9 Å². The summed E-state index contributed by atoms with van der Waals surface area (Å²) in [6.07, 6.45) is 1.57. The summed E-state index contributed by atoms with van der Waals surface area (Å²) in [5.74, 6) is 0.0959. The summed E-state index contributed by atoms with van der Waals surface area (Å²) in [4.78, 5) is 34.1. The van der Waals surface area contributed by atoms with Gasteiger partial charge in [0.1, 0.15) is 5.65 Å². The molecule has 8 heteroatoms. The Morgan fingerprint density at radius 1 is 1.19 bits per heavy atom. The minimum Gasteiger partial charge on any atom is -0.335 e. The van der Waals surface area contributed by atoms with Gasteiger partial charge in [-0.15, -0.1) is 11.3 Å². The molecule has 0 spiro atoms. The van der Waals surface area contributed by atoms with Crippen LogP contribution in [0.25, 0.3) is 5.65 Å². The number of fused-ring (bicyclic) bond motifs is 1. The minimum atomic E-state index is -0.140. The molecule has 3 aromatic rings. The molecule has 0 bridgehead atoms. The molecule has 0 aromatic carbocycles. The van der Waals surface area contributed by atoms with Crippen molar-refractivity contribution in [3.8, 4) is 0 Å². The van der Waals surface area contributed by atoms with Crippen molar-refractivity contribution in [3.05, 3.63) is 67.9 Å². The van der Waals surface area contributed by atoms with Crippen LogP contribution in [0.5, 0.6) is 0 Å². The van der Waals surface area contributed by atoms with Gasteiger partial charge in [-0.25, -0.2) is 4.98 Å². The SMILES string of the molecule is O=C(c1cccs1)N1CCN(Cc2cc(=O)n3cc(Cl)ccc3n2)CC1. The predicted octanol–water partition coefficient (Wildman–Crippen LogP) is 2.37. The molecule has 0 N–H and O–H groups in total. The highest BCUT2D eigenvalue weighted by molar-refractivity contribution is 7.12. The maximum Gasteiger partial charge on any atom is 0.264 e. The van der Waals surface area contributed by atoms with Gasteiger partial charge in [0.05, 0.1) is 15.6 Å². The quantitative estimate of drug-likeness (QED) is 0.691. The van der Waals surface area contributed by atoms with Gasteiger partial charge in [0, 0.05) is 45.0 Å². The number of carbonyl (C=O) groups excluding carboxylic acids is 1. The Bertz CT molecular complexity index is 994. The zero-order valence-corrected chi connectivity index (χ0v) is 15.5. The van der Waals surface area contributed by atoms with Crippen LogP contribution < -0.4 is 5.56 Å². The van der Waals surface area contributed by atoms with Gasteiger partial charge in [-0.1, -0.05) is 17.7 Å². The molecular weight excluding hydrogens is 372 g/mol. The van der Waals surface area contributed by atoms with Crippen molar-refractivity contribution < 1.29 is 4.79 Å². The average molecular weight is 389 g/mol. The Morgan fingerprint density at radius 3 is 2.73 bits per heavy atom. The highest BCUT2D eigenvalue weighted by Crippen LogP contribution is 2.15. The second-order valence-corrected chi connectivity index (χ2v) is 7.59. The Balaban J connectivity index is 1.43. The smallest absolute Gasteiger partial charge is 0.264 e. The number of rotatable bonds is 3. The average Bonchev–Trinajstić information content (AvgIpc) is 3.17. The molecule has 1 saturated heterocycles. The predicted molar refractivity (Wildman–Crippen MR) is 102 cm³/mol. The van der Waals surface area contributed by atoms with E-state index in [2.05, 4.69) is 9.88 Å². The molecule has 1 aliphatic rings. The van der Waals surface area contributed by atoms with Crippen molar-refractivity contribution >= 4 is 34.5 Å². The van der Waals surface area contributed by atoms with E-state index in [4.69, 9.17) is 11.6 Å². The summed E-state index contributed by atoms with van der Waals surface area (Å²) in [7, 11) is 0. The molecule has 4 heterocycles. The van der Waals surface area contributed by atoms with Crippen molar-refractivity contribution in [1.82, 2.24) is 19.2 Å². The number of aromatic nitrogens is 2. The molecule has 0 unspecified atom stereocenters. The van der Waals surface area contributed by atoms with Crippen LogP contribution in [0.15, 0.2) is 46.7 Å². The molecule has 4 rings (SSSR count). The zero-order valence-electron chi connectivity index (χ0n) is 14.0. The Hall–Kier alpha value is -2.22. The van der Waals surface area contributed by atoms with Crippen LogP contribution in [-0.4, -0.2) is 51.3 Å². The first kappa shape index (κ1) is 17.2. The van der Waals surface area contributed by atoms with Crippen LogP contribution in [-0.2, 0) is 6.54 Å². The number of amides is 1. The molecule has 0 atom stereocenters. The lowest BCUT2D eigenvalue weighted by atomic mass is 10.2. The first-order valence-corrected chi connectivity index (χ1v) is 9.59. The maximum absolute atomic E-state index is 12.4. The van der Waals surface area contributed by atoms with E-state index < -0.39 is 0 Å². The lowest BCUT2D eigenvalue weighted by Crippen LogP contribution is -2.48. The van der Waals surface area contributed by atoms with E-state index in [1.807, 2.05) is 22.4 Å². The van der Waals surface area contributed by atoms with Crippen LogP contribution >= 0.6 is 22.9 Å². The highest BCUT2D eigenvalue weighted by Gasteiger charge is 2.23. The van der Waals surface area contributed by atoms with Gasteiger partial charge in [-0.2, -0.15) is 0 Å². The van der Waals surface area contributed by atoms with Gasteiger partial charge in [0.15, 0.2) is 0 Å². The van der Waals surface area contributed by atoms with Gasteiger partial charge in [0.25, 0.3) is 11.5 Å². The van der Waals surface area contributed by atoms with Gasteiger partial charge in [0.2, 0.25) is 0 Å². The van der Waals surface area contributed by atoms with Crippen LogP contribution in [0.4, 0.5) is 0 Å². The van der Waals surface area contributed by atoms with E-state index in [0.717, 1.165) is 23.7 Å². The molecule has 0 saturated carbocycles. The second kappa shape index (κ2) is 7.19. The maximum atomic E-state index is 12.4. The molecule has 1 fully saturated rings. The third-order valence-corrected chi connectivity index (χ3v) is 5.54. The largest absolute Gasteiger partial charge is 0.335 e. The number of pyridine rings is 1. The van der Waals surface area contributed by atoms with E-state index >= 15 is 0 Å². The van der Waals surface area contributed by atoms with Gasteiger partial charge >= 0.3 is 0 Å². The minimum absolute atomic E-state index is 0.0959. The molecular formula is C18H17ClN4O2S. The van der Waals surface area contributed by atoms with Crippen molar-refractivity contribution in [2.75, 3.05) is 26.2 Å². The summed E-state index contributed by atoms with van der Waals surface area (Å²) in [5, 5.41) is 2.42. The number of halogens is 1. The third kappa shape index (κ3) is 3.51. The van der Waals surface area contributed by atoms with Crippen LogP contribution in [0.3, 0.4) is 0 Å². The third-order valence-electron chi connectivity index (χ3n) is 4.45. The van der Waals surface area contributed by atoms with E-state index in [1.54, 1.807) is 24.4 Å². The number of hydrogen-bond donors (Lipinski definition) is 0. The topological polar surface area (TPSA) is 57.9 Å². The van der Waals surface area contributed by atoms with Crippen LogP contribution in [0.1, 0.15) is 15.4 Å². The molecule has 26 heavy (non-hydrogen) atoms. The molecule has 1 aliphatic heterocycles. The zero-order chi connectivity index (χ0) is 18.1. The summed E-state index contributed by atoms with van der Waals surface area (Å²) in [6, 6.07) is 8.77. The Labute approximate surface area is 159 Å². The normalized spacial score (nSPS) is 15.5. The van der Waals surface area contributed by atoms with Gasteiger partial charge in [-0.05, 0) is 23.6 Å². The lowest BCUT2D eigenvalue weighted by Gasteiger charge is -2.34. The fourth-order valence-corrected chi connectivity index (χ4v) is 3.95.